The highest BCUT2D eigenvalue weighted by Gasteiger charge is 2.54. The van der Waals surface area contributed by atoms with E-state index in [0.29, 0.717) is 5.75 Å². The van der Waals surface area contributed by atoms with Crippen LogP contribution in [0.4, 0.5) is 4.79 Å². The molecule has 1 saturated heterocycles. The number of Topliss-reactive ketones (excluding diaryl/α,β-unsaturated/α-hetero) is 1. The molecule has 5 aromatic carbocycles. The maximum atomic E-state index is 13.9. The molecule has 8 nitrogen and oxygen atoms in total. The third kappa shape index (κ3) is 5.66. The van der Waals surface area contributed by atoms with Crippen molar-refractivity contribution in [2.45, 2.75) is 25.3 Å². The number of rotatable bonds is 9. The summed E-state index contributed by atoms with van der Waals surface area (Å²) < 4.78 is 11.5. The summed E-state index contributed by atoms with van der Waals surface area (Å²) in [5.74, 6) is 4.18. The fraction of sp³-hybridized carbons (Fsp3) is 0.147. The lowest BCUT2D eigenvalue weighted by Crippen LogP contribution is -2.70. The zero-order valence-electron chi connectivity index (χ0n) is 22.7. The number of β-lactam (4-membered cyclic amide) rings is 1. The van der Waals surface area contributed by atoms with Gasteiger partial charge in [-0.05, 0) is 51.2 Å². The van der Waals surface area contributed by atoms with E-state index in [1.54, 1.807) is 6.07 Å². The molecule has 2 amide bonds. The third-order valence-corrected chi connectivity index (χ3v) is 7.47. The zero-order chi connectivity index (χ0) is 29.1. The number of carbonyl (C=O) groups excluding carboxylic acids is 3. The van der Waals surface area contributed by atoms with Gasteiger partial charge in [0.05, 0.1) is 6.04 Å². The average Bonchev–Trinajstić information content (AvgIpc) is 3.03. The molecule has 1 aliphatic rings. The van der Waals surface area contributed by atoms with E-state index in [1.165, 1.54) is 0 Å². The van der Waals surface area contributed by atoms with Crippen LogP contribution in [-0.4, -0.2) is 35.1 Å². The predicted octanol–water partition coefficient (Wildman–Crippen LogP) is 5.14. The van der Waals surface area contributed by atoms with Crippen LogP contribution in [0.25, 0.3) is 21.5 Å². The van der Waals surface area contributed by atoms with E-state index in [-0.39, 0.29) is 13.0 Å². The number of amides is 2. The largest absolute Gasteiger partial charge is 0.468 e. The average molecular weight is 560 g/mol. The van der Waals surface area contributed by atoms with Crippen LogP contribution >= 0.6 is 0 Å². The van der Waals surface area contributed by atoms with Crippen molar-refractivity contribution in [2.24, 2.45) is 11.8 Å². The molecule has 3 N–H and O–H groups in total. The van der Waals surface area contributed by atoms with Crippen molar-refractivity contribution in [3.63, 3.8) is 0 Å². The molecule has 3 atom stereocenters. The summed E-state index contributed by atoms with van der Waals surface area (Å²) in [6.45, 7) is 0.0379. The minimum Gasteiger partial charge on any atom is -0.468 e. The molecule has 0 aromatic heterocycles. The van der Waals surface area contributed by atoms with Gasteiger partial charge in [-0.1, -0.05) is 103 Å². The van der Waals surface area contributed by atoms with Gasteiger partial charge in [-0.3, -0.25) is 9.59 Å². The first-order valence-electron chi connectivity index (χ1n) is 13.7. The Balaban J connectivity index is 1.23. The van der Waals surface area contributed by atoms with E-state index < -0.39 is 36.0 Å². The lowest BCUT2D eigenvalue weighted by atomic mass is 9.86. The summed E-state index contributed by atoms with van der Waals surface area (Å²) in [6.07, 6.45) is -1.63. The lowest BCUT2D eigenvalue weighted by Gasteiger charge is -2.43. The maximum Gasteiger partial charge on any atom is 0.408 e. The van der Waals surface area contributed by atoms with Crippen LogP contribution in [0.5, 0.6) is 5.75 Å². The van der Waals surface area contributed by atoms with E-state index in [0.717, 1.165) is 37.7 Å². The second kappa shape index (κ2) is 11.7. The highest BCUT2D eigenvalue weighted by atomic mass is 16.5. The van der Waals surface area contributed by atoms with Gasteiger partial charge in [0.2, 0.25) is 6.23 Å². The smallest absolute Gasteiger partial charge is 0.408 e. The second-order valence-corrected chi connectivity index (χ2v) is 10.3. The molecule has 8 heteroatoms. The summed E-state index contributed by atoms with van der Waals surface area (Å²) in [4.78, 5) is 39.7. The van der Waals surface area contributed by atoms with Gasteiger partial charge in [-0.15, -0.1) is 0 Å². The van der Waals surface area contributed by atoms with Gasteiger partial charge >= 0.3 is 6.09 Å². The van der Waals surface area contributed by atoms with Crippen molar-refractivity contribution in [3.05, 3.63) is 126 Å². The second-order valence-electron chi connectivity index (χ2n) is 10.3. The van der Waals surface area contributed by atoms with Gasteiger partial charge in [0.1, 0.15) is 12.4 Å². The Morgan fingerprint density at radius 1 is 0.762 bits per heavy atom. The topological polar surface area (TPSA) is 111 Å². The van der Waals surface area contributed by atoms with Crippen LogP contribution in [0.2, 0.25) is 0 Å². The number of alkyl carbamates (subject to hydrolysis) is 1. The molecule has 1 fully saturated rings. The molecule has 5 aromatic rings. The molecule has 1 aliphatic heterocycles. The van der Waals surface area contributed by atoms with Crippen molar-refractivity contribution in [1.82, 2.24) is 10.3 Å². The molecule has 1 heterocycles. The maximum absolute atomic E-state index is 13.9. The number of nitrogens with zero attached hydrogens (tertiary/aromatic N) is 1. The monoisotopic (exact) mass is 559 g/mol. The first-order chi connectivity index (χ1) is 20.5. The van der Waals surface area contributed by atoms with E-state index >= 15 is 0 Å². The van der Waals surface area contributed by atoms with Crippen LogP contribution in [-0.2, 0) is 27.4 Å². The number of hydrogen-bond acceptors (Lipinski definition) is 6. The van der Waals surface area contributed by atoms with Crippen LogP contribution in [0.3, 0.4) is 0 Å². The molecule has 0 radical (unpaired) electrons. The minimum absolute atomic E-state index is 0.0379. The van der Waals surface area contributed by atoms with Gasteiger partial charge in [-0.25, -0.2) is 15.6 Å². The van der Waals surface area contributed by atoms with Crippen LogP contribution < -0.4 is 15.9 Å². The minimum atomic E-state index is -1.19. The fourth-order valence-corrected chi connectivity index (χ4v) is 5.20. The van der Waals surface area contributed by atoms with Crippen molar-refractivity contribution < 1.29 is 23.9 Å². The lowest BCUT2D eigenvalue weighted by molar-refractivity contribution is -0.180. The predicted molar refractivity (Wildman–Crippen MR) is 159 cm³/mol. The van der Waals surface area contributed by atoms with Gasteiger partial charge in [0, 0.05) is 0 Å². The van der Waals surface area contributed by atoms with E-state index in [2.05, 4.69) is 5.32 Å². The first kappa shape index (κ1) is 27.0. The standard InChI is InChI=1S/C34H29N3O5/c35-37-32(39)30(33(37)42-28-17-16-25-11-5-7-13-27(25)20-28)31(38)29(36-34(40)41-21-22-8-2-1-3-9-22)19-23-14-15-24-10-4-6-12-26(24)18-23/h1-18,20,29-30,33H,19,21,35H2,(H,36,40)/t29-,30-,33-/m0/s1. The molecule has 0 spiro atoms. The summed E-state index contributed by atoms with van der Waals surface area (Å²) in [5.41, 5.74) is 1.63. The highest BCUT2D eigenvalue weighted by Crippen LogP contribution is 2.31. The molecule has 210 valence electrons. The van der Waals surface area contributed by atoms with E-state index in [4.69, 9.17) is 15.3 Å². The molecule has 42 heavy (non-hydrogen) atoms. The number of ketones is 1. The molecular weight excluding hydrogens is 530 g/mol. The Kier molecular flexibility index (Phi) is 7.53. The Morgan fingerprint density at radius 3 is 2.10 bits per heavy atom. The molecule has 0 bridgehead atoms. The Bertz CT molecular complexity index is 1770. The fourth-order valence-electron chi connectivity index (χ4n) is 5.20. The molecule has 6 rings (SSSR count). The summed E-state index contributed by atoms with van der Waals surface area (Å²) in [6, 6.07) is 35.2. The Hall–Kier alpha value is -5.21. The van der Waals surface area contributed by atoms with Gasteiger partial charge in [0.25, 0.3) is 5.91 Å². The van der Waals surface area contributed by atoms with Crippen LogP contribution in [0, 0.1) is 5.92 Å². The number of ether oxygens (including phenoxy) is 2. The Labute approximate surface area is 242 Å². The van der Waals surface area contributed by atoms with Crippen LogP contribution in [0.15, 0.2) is 115 Å². The van der Waals surface area contributed by atoms with Crippen molar-refractivity contribution in [3.8, 4) is 5.75 Å². The van der Waals surface area contributed by atoms with Crippen molar-refractivity contribution >= 4 is 39.3 Å². The number of nitrogens with one attached hydrogen (secondary N) is 1. The summed E-state index contributed by atoms with van der Waals surface area (Å²) in [5, 5.41) is 7.64. The number of hydrogen-bond donors (Lipinski definition) is 2. The SMILES string of the molecule is NN1C(=O)[C@H](C(=O)[C@H](Cc2ccc3ccccc3c2)NC(=O)OCc2ccccc2)[C@@H]1Oc1ccc2ccccc2c1. The number of carbonyl (C=O) groups is 3. The first-order valence-corrected chi connectivity index (χ1v) is 13.7. The zero-order valence-corrected chi connectivity index (χ0v) is 22.7. The van der Waals surface area contributed by atoms with Crippen molar-refractivity contribution in [1.29, 1.82) is 0 Å². The van der Waals surface area contributed by atoms with Gasteiger partial charge < -0.3 is 14.8 Å². The number of benzene rings is 5. The van der Waals surface area contributed by atoms with Crippen LogP contribution in [0.1, 0.15) is 11.1 Å². The summed E-state index contributed by atoms with van der Waals surface area (Å²) >= 11 is 0. The number of nitrogens with two attached hydrogens (primary N) is 1. The van der Waals surface area contributed by atoms with Gasteiger partial charge in [0.15, 0.2) is 11.7 Å². The molecule has 0 saturated carbocycles. The highest BCUT2D eigenvalue weighted by molar-refractivity contribution is 6.08. The van der Waals surface area contributed by atoms with Crippen molar-refractivity contribution in [2.75, 3.05) is 0 Å². The molecule has 0 aliphatic carbocycles. The third-order valence-electron chi connectivity index (χ3n) is 7.47. The van der Waals surface area contributed by atoms with E-state index in [9.17, 15) is 14.4 Å². The quantitative estimate of drug-likeness (QED) is 0.112. The molecular formula is C34H29N3O5. The normalized spacial score (nSPS) is 17.0. The van der Waals surface area contributed by atoms with E-state index in [1.807, 2.05) is 109 Å². The molecule has 0 unspecified atom stereocenters. The summed E-state index contributed by atoms with van der Waals surface area (Å²) in [7, 11) is 0. The number of hydrazine groups is 1. The number of fused-ring (bicyclic) bond motifs is 2. The van der Waals surface area contributed by atoms with Gasteiger partial charge in [-0.2, -0.15) is 0 Å². The Morgan fingerprint density at radius 2 is 1.38 bits per heavy atom.